The highest BCUT2D eigenvalue weighted by Gasteiger charge is 2.13. The summed E-state index contributed by atoms with van der Waals surface area (Å²) in [5.41, 5.74) is 1.08. The molecule has 2 rings (SSSR count). The molecule has 90 valence electrons. The summed E-state index contributed by atoms with van der Waals surface area (Å²) in [6.45, 7) is 2.69. The molecule has 0 aliphatic carbocycles. The summed E-state index contributed by atoms with van der Waals surface area (Å²) in [4.78, 5) is 0. The van der Waals surface area contributed by atoms with Crippen molar-refractivity contribution in [1.29, 1.82) is 0 Å². The van der Waals surface area contributed by atoms with Crippen LogP contribution in [0, 0.1) is 11.8 Å². The Bertz CT molecular complexity index is 371. The van der Waals surface area contributed by atoms with Crippen molar-refractivity contribution in [3.05, 3.63) is 35.9 Å². The van der Waals surface area contributed by atoms with E-state index in [1.165, 1.54) is 12.8 Å². The van der Waals surface area contributed by atoms with Crippen molar-refractivity contribution in [3.63, 3.8) is 0 Å². The largest absolute Gasteiger partial charge is 0.378 e. The van der Waals surface area contributed by atoms with Crippen molar-refractivity contribution >= 4 is 0 Å². The van der Waals surface area contributed by atoms with Gasteiger partial charge in [0.15, 0.2) is 0 Å². The highest BCUT2D eigenvalue weighted by molar-refractivity contribution is 5.33. The normalized spacial score (nSPS) is 18.7. The van der Waals surface area contributed by atoms with E-state index in [1.807, 2.05) is 30.3 Å². The van der Waals surface area contributed by atoms with Crippen LogP contribution >= 0.6 is 0 Å². The zero-order valence-electron chi connectivity index (χ0n) is 10.1. The van der Waals surface area contributed by atoms with Crippen LogP contribution in [0.5, 0.6) is 0 Å². The SMILES string of the molecule is C(#Cc1ccccc1)CNCCC1CCCO1. The van der Waals surface area contributed by atoms with E-state index in [2.05, 4.69) is 17.2 Å². The average Bonchev–Trinajstić information content (AvgIpc) is 2.88. The maximum Gasteiger partial charge on any atom is 0.0588 e. The maximum atomic E-state index is 5.55. The molecule has 0 bridgehead atoms. The van der Waals surface area contributed by atoms with Crippen LogP contribution < -0.4 is 5.32 Å². The fourth-order valence-corrected chi connectivity index (χ4v) is 1.95. The maximum absolute atomic E-state index is 5.55. The van der Waals surface area contributed by atoms with Crippen molar-refractivity contribution in [2.24, 2.45) is 0 Å². The Kier molecular flexibility index (Phi) is 5.09. The molecule has 1 heterocycles. The molecule has 1 aliphatic heterocycles. The molecular formula is C15H19NO. The lowest BCUT2D eigenvalue weighted by atomic mass is 10.2. The Balaban J connectivity index is 1.58. The predicted octanol–water partition coefficient (Wildman–Crippen LogP) is 2.20. The second-order valence-electron chi connectivity index (χ2n) is 4.27. The van der Waals surface area contributed by atoms with Crippen LogP contribution in [0.3, 0.4) is 0 Å². The monoisotopic (exact) mass is 229 g/mol. The fraction of sp³-hybridized carbons (Fsp3) is 0.467. The minimum absolute atomic E-state index is 0.476. The molecule has 0 saturated carbocycles. The second-order valence-corrected chi connectivity index (χ2v) is 4.27. The van der Waals surface area contributed by atoms with Gasteiger partial charge in [-0.2, -0.15) is 0 Å². The molecule has 0 aromatic heterocycles. The first kappa shape index (κ1) is 12.2. The molecule has 1 N–H and O–H groups in total. The molecular weight excluding hydrogens is 210 g/mol. The van der Waals surface area contributed by atoms with Gasteiger partial charge >= 0.3 is 0 Å². The number of hydrogen-bond acceptors (Lipinski definition) is 2. The van der Waals surface area contributed by atoms with Gasteiger partial charge in [-0.15, -0.1) is 0 Å². The predicted molar refractivity (Wildman–Crippen MR) is 69.8 cm³/mol. The third kappa shape index (κ3) is 4.60. The van der Waals surface area contributed by atoms with Crippen molar-refractivity contribution < 1.29 is 4.74 Å². The summed E-state index contributed by atoms with van der Waals surface area (Å²) in [7, 11) is 0. The molecule has 1 aliphatic rings. The summed E-state index contributed by atoms with van der Waals surface area (Å²) in [6.07, 6.45) is 4.02. The fourth-order valence-electron chi connectivity index (χ4n) is 1.95. The van der Waals surface area contributed by atoms with Crippen LogP contribution in [-0.4, -0.2) is 25.8 Å². The molecule has 1 saturated heterocycles. The summed E-state index contributed by atoms with van der Waals surface area (Å²) in [5.74, 6) is 6.25. The Hall–Kier alpha value is -1.30. The minimum atomic E-state index is 0.476. The first-order chi connectivity index (χ1) is 8.45. The van der Waals surface area contributed by atoms with Gasteiger partial charge < -0.3 is 10.1 Å². The van der Waals surface area contributed by atoms with Crippen LogP contribution in [0.15, 0.2) is 30.3 Å². The Morgan fingerprint density at radius 2 is 2.18 bits per heavy atom. The van der Waals surface area contributed by atoms with Crippen LogP contribution in [0.1, 0.15) is 24.8 Å². The average molecular weight is 229 g/mol. The van der Waals surface area contributed by atoms with E-state index in [4.69, 9.17) is 4.74 Å². The summed E-state index contributed by atoms with van der Waals surface area (Å²) >= 11 is 0. The van der Waals surface area contributed by atoms with E-state index in [0.717, 1.165) is 31.7 Å². The molecule has 0 amide bonds. The van der Waals surface area contributed by atoms with Gasteiger partial charge in [0.25, 0.3) is 0 Å². The van der Waals surface area contributed by atoms with Gasteiger partial charge in [0.1, 0.15) is 0 Å². The standard InChI is InChI=1S/C15H19NO/c1-2-6-14(7-3-1)8-4-11-16-12-10-15-9-5-13-17-15/h1-3,6-7,15-16H,5,9-13H2. The topological polar surface area (TPSA) is 21.3 Å². The van der Waals surface area contributed by atoms with Gasteiger partial charge in [-0.3, -0.25) is 0 Å². The van der Waals surface area contributed by atoms with Crippen molar-refractivity contribution in [2.75, 3.05) is 19.7 Å². The van der Waals surface area contributed by atoms with Crippen LogP contribution in [0.25, 0.3) is 0 Å². The number of nitrogens with one attached hydrogen (secondary N) is 1. The van der Waals surface area contributed by atoms with Gasteiger partial charge in [-0.1, -0.05) is 30.0 Å². The van der Waals surface area contributed by atoms with Crippen molar-refractivity contribution in [3.8, 4) is 11.8 Å². The van der Waals surface area contributed by atoms with Gasteiger partial charge in [0.2, 0.25) is 0 Å². The Morgan fingerprint density at radius 3 is 2.94 bits per heavy atom. The molecule has 2 nitrogen and oxygen atoms in total. The van der Waals surface area contributed by atoms with Crippen LogP contribution in [0.2, 0.25) is 0 Å². The summed E-state index contributed by atoms with van der Waals surface area (Å²) in [6, 6.07) is 10.1. The number of hydrogen-bond donors (Lipinski definition) is 1. The molecule has 1 fully saturated rings. The number of rotatable bonds is 4. The van der Waals surface area contributed by atoms with Crippen molar-refractivity contribution in [2.45, 2.75) is 25.4 Å². The van der Waals surface area contributed by atoms with Crippen LogP contribution in [0.4, 0.5) is 0 Å². The first-order valence-electron chi connectivity index (χ1n) is 6.31. The first-order valence-corrected chi connectivity index (χ1v) is 6.31. The van der Waals surface area contributed by atoms with Gasteiger partial charge in [-0.25, -0.2) is 0 Å². The highest BCUT2D eigenvalue weighted by atomic mass is 16.5. The van der Waals surface area contributed by atoms with Crippen LogP contribution in [-0.2, 0) is 4.74 Å². The quantitative estimate of drug-likeness (QED) is 0.631. The molecule has 1 unspecified atom stereocenters. The number of benzene rings is 1. The molecule has 1 atom stereocenters. The third-order valence-corrected chi connectivity index (χ3v) is 2.89. The highest BCUT2D eigenvalue weighted by Crippen LogP contribution is 2.14. The smallest absolute Gasteiger partial charge is 0.0588 e. The van der Waals surface area contributed by atoms with Gasteiger partial charge in [0, 0.05) is 12.2 Å². The van der Waals surface area contributed by atoms with E-state index >= 15 is 0 Å². The summed E-state index contributed by atoms with van der Waals surface area (Å²) in [5, 5.41) is 3.33. The van der Waals surface area contributed by atoms with Crippen molar-refractivity contribution in [1.82, 2.24) is 5.32 Å². The molecule has 0 spiro atoms. The van der Waals surface area contributed by atoms with E-state index in [1.54, 1.807) is 0 Å². The number of ether oxygens (including phenoxy) is 1. The zero-order chi connectivity index (χ0) is 11.8. The van der Waals surface area contributed by atoms with E-state index in [9.17, 15) is 0 Å². The third-order valence-electron chi connectivity index (χ3n) is 2.89. The lowest BCUT2D eigenvalue weighted by Gasteiger charge is -2.08. The van der Waals surface area contributed by atoms with E-state index in [0.29, 0.717) is 6.10 Å². The minimum Gasteiger partial charge on any atom is -0.378 e. The lowest BCUT2D eigenvalue weighted by Crippen LogP contribution is -2.20. The Labute approximate surface area is 103 Å². The second kappa shape index (κ2) is 7.11. The molecule has 2 heteroatoms. The Morgan fingerprint density at radius 1 is 1.29 bits per heavy atom. The lowest BCUT2D eigenvalue weighted by molar-refractivity contribution is 0.104. The summed E-state index contributed by atoms with van der Waals surface area (Å²) < 4.78 is 5.55. The molecule has 0 radical (unpaired) electrons. The zero-order valence-corrected chi connectivity index (χ0v) is 10.1. The molecule has 17 heavy (non-hydrogen) atoms. The van der Waals surface area contributed by atoms with Gasteiger partial charge in [-0.05, 0) is 37.9 Å². The molecule has 1 aromatic rings. The molecule has 1 aromatic carbocycles. The van der Waals surface area contributed by atoms with Gasteiger partial charge in [0.05, 0.1) is 12.6 Å². The van der Waals surface area contributed by atoms with E-state index < -0.39 is 0 Å². The van der Waals surface area contributed by atoms with E-state index in [-0.39, 0.29) is 0 Å².